The van der Waals surface area contributed by atoms with Crippen LogP contribution in [-0.4, -0.2) is 56.8 Å². The Hall–Kier alpha value is -2.65. The van der Waals surface area contributed by atoms with Crippen molar-refractivity contribution in [1.29, 1.82) is 0 Å². The van der Waals surface area contributed by atoms with Gasteiger partial charge in [-0.1, -0.05) is 12.1 Å². The maximum Gasteiger partial charge on any atom is 0.573 e. The molecule has 2 aromatic rings. The lowest BCUT2D eigenvalue weighted by Gasteiger charge is -2.36. The highest BCUT2D eigenvalue weighted by Crippen LogP contribution is 2.43. The zero-order valence-electron chi connectivity index (χ0n) is 16.1. The fraction of sp³-hybridized carbons (Fsp3) is 0.400. The molecule has 0 spiro atoms. The molecule has 2 N–H and O–H groups in total. The minimum absolute atomic E-state index is 0.0136. The summed E-state index contributed by atoms with van der Waals surface area (Å²) in [4.78, 5) is 2.14. The van der Waals surface area contributed by atoms with Gasteiger partial charge < -0.3 is 24.6 Å². The standard InChI is InChI=1S/C20H23F3N2O4/c1-27-15-11-16(26)18(17(12-15)28-2)19(25-9-7-24-8-10-25)13-3-5-14(6-4-13)29-20(21,22)23/h3-6,11-12,19,24,26H,7-10H2,1-2H3/t19-/m0/s1. The second kappa shape index (κ2) is 8.79. The molecule has 9 heteroatoms. The quantitative estimate of drug-likeness (QED) is 0.759. The molecular formula is C20H23F3N2O4. The van der Waals surface area contributed by atoms with E-state index in [2.05, 4.69) is 15.0 Å². The van der Waals surface area contributed by atoms with Crippen LogP contribution in [0.2, 0.25) is 0 Å². The average Bonchev–Trinajstić information content (AvgIpc) is 2.70. The third-order valence-corrected chi connectivity index (χ3v) is 4.77. The first kappa shape index (κ1) is 21.1. The molecule has 0 saturated carbocycles. The van der Waals surface area contributed by atoms with Crippen molar-refractivity contribution in [2.45, 2.75) is 12.4 Å². The van der Waals surface area contributed by atoms with E-state index >= 15 is 0 Å². The number of phenols is 1. The number of piperazine rings is 1. The summed E-state index contributed by atoms with van der Waals surface area (Å²) in [5.41, 5.74) is 1.24. The molecule has 0 aromatic heterocycles. The van der Waals surface area contributed by atoms with E-state index in [1.165, 1.54) is 32.4 Å². The molecule has 1 atom stereocenters. The molecule has 0 bridgehead atoms. The highest BCUT2D eigenvalue weighted by molar-refractivity contribution is 5.54. The molecule has 1 fully saturated rings. The molecule has 1 saturated heterocycles. The van der Waals surface area contributed by atoms with Crippen molar-refractivity contribution in [2.75, 3.05) is 40.4 Å². The first-order valence-corrected chi connectivity index (χ1v) is 9.07. The lowest BCUT2D eigenvalue weighted by molar-refractivity contribution is -0.274. The Balaban J connectivity index is 2.04. The number of hydrogen-bond acceptors (Lipinski definition) is 6. The predicted molar refractivity (Wildman–Crippen MR) is 101 cm³/mol. The molecule has 3 rings (SSSR count). The van der Waals surface area contributed by atoms with E-state index in [0.717, 1.165) is 13.1 Å². The van der Waals surface area contributed by atoms with E-state index < -0.39 is 12.4 Å². The van der Waals surface area contributed by atoms with Crippen molar-refractivity contribution in [3.05, 3.63) is 47.5 Å². The largest absolute Gasteiger partial charge is 0.573 e. The summed E-state index contributed by atoms with van der Waals surface area (Å²) in [5.74, 6) is 0.559. The number of ether oxygens (including phenoxy) is 3. The Kier molecular flexibility index (Phi) is 6.39. The van der Waals surface area contributed by atoms with Crippen LogP contribution < -0.4 is 19.5 Å². The Bertz CT molecular complexity index is 822. The van der Waals surface area contributed by atoms with Gasteiger partial charge in [-0.15, -0.1) is 13.2 Å². The van der Waals surface area contributed by atoms with Gasteiger partial charge in [0, 0.05) is 38.3 Å². The molecule has 2 aromatic carbocycles. The smallest absolute Gasteiger partial charge is 0.507 e. The van der Waals surface area contributed by atoms with Crippen LogP contribution in [0.4, 0.5) is 13.2 Å². The van der Waals surface area contributed by atoms with E-state index in [-0.39, 0.29) is 11.5 Å². The van der Waals surface area contributed by atoms with Crippen molar-refractivity contribution in [2.24, 2.45) is 0 Å². The summed E-state index contributed by atoms with van der Waals surface area (Å²) < 4.78 is 52.1. The molecule has 1 heterocycles. The number of benzene rings is 2. The minimum atomic E-state index is -4.75. The van der Waals surface area contributed by atoms with Crippen molar-refractivity contribution in [3.63, 3.8) is 0 Å². The van der Waals surface area contributed by atoms with E-state index in [1.807, 2.05) is 0 Å². The zero-order chi connectivity index (χ0) is 21.0. The molecule has 0 unspecified atom stereocenters. The third-order valence-electron chi connectivity index (χ3n) is 4.77. The fourth-order valence-corrected chi connectivity index (χ4v) is 3.50. The van der Waals surface area contributed by atoms with Gasteiger partial charge in [0.25, 0.3) is 0 Å². The van der Waals surface area contributed by atoms with Gasteiger partial charge in [-0.25, -0.2) is 0 Å². The lowest BCUT2D eigenvalue weighted by Crippen LogP contribution is -2.45. The monoisotopic (exact) mass is 412 g/mol. The zero-order valence-corrected chi connectivity index (χ0v) is 16.1. The predicted octanol–water partition coefficient (Wildman–Crippen LogP) is 3.30. The average molecular weight is 412 g/mol. The molecule has 0 amide bonds. The SMILES string of the molecule is COc1cc(O)c([C@H](c2ccc(OC(F)(F)F)cc2)N2CCNCC2)c(OC)c1. The van der Waals surface area contributed by atoms with Crippen LogP contribution in [0.25, 0.3) is 0 Å². The van der Waals surface area contributed by atoms with Gasteiger partial charge in [0.15, 0.2) is 0 Å². The van der Waals surface area contributed by atoms with Crippen LogP contribution in [0.3, 0.4) is 0 Å². The van der Waals surface area contributed by atoms with Crippen molar-refractivity contribution in [3.8, 4) is 23.0 Å². The van der Waals surface area contributed by atoms with Crippen LogP contribution in [0.15, 0.2) is 36.4 Å². The number of halogens is 3. The number of nitrogens with zero attached hydrogens (tertiary/aromatic N) is 1. The first-order chi connectivity index (χ1) is 13.8. The van der Waals surface area contributed by atoms with Gasteiger partial charge in [-0.2, -0.15) is 0 Å². The topological polar surface area (TPSA) is 63.2 Å². The highest BCUT2D eigenvalue weighted by Gasteiger charge is 2.32. The lowest BCUT2D eigenvalue weighted by atomic mass is 9.94. The van der Waals surface area contributed by atoms with E-state index in [1.54, 1.807) is 18.2 Å². The molecular weight excluding hydrogens is 389 g/mol. The normalized spacial score (nSPS) is 16.3. The molecule has 6 nitrogen and oxygen atoms in total. The van der Waals surface area contributed by atoms with Gasteiger partial charge in [0.05, 0.1) is 25.8 Å². The van der Waals surface area contributed by atoms with E-state index in [0.29, 0.717) is 35.7 Å². The minimum Gasteiger partial charge on any atom is -0.507 e. The van der Waals surface area contributed by atoms with Crippen LogP contribution >= 0.6 is 0 Å². The summed E-state index contributed by atoms with van der Waals surface area (Å²) in [5, 5.41) is 14.0. The van der Waals surface area contributed by atoms with Crippen LogP contribution in [0.5, 0.6) is 23.0 Å². The number of phenolic OH excluding ortho intramolecular Hbond substituents is 1. The molecule has 1 aliphatic heterocycles. The number of aromatic hydroxyl groups is 1. The van der Waals surface area contributed by atoms with Crippen molar-refractivity contribution < 1.29 is 32.5 Å². The highest BCUT2D eigenvalue weighted by atomic mass is 19.4. The van der Waals surface area contributed by atoms with Crippen molar-refractivity contribution in [1.82, 2.24) is 10.2 Å². The second-order valence-corrected chi connectivity index (χ2v) is 6.57. The summed E-state index contributed by atoms with van der Waals surface area (Å²) in [6.07, 6.45) is -4.75. The summed E-state index contributed by atoms with van der Waals surface area (Å²) in [6.45, 7) is 2.90. The maximum absolute atomic E-state index is 12.5. The summed E-state index contributed by atoms with van der Waals surface area (Å²) in [7, 11) is 2.98. The maximum atomic E-state index is 12.5. The van der Waals surface area contributed by atoms with E-state index in [9.17, 15) is 18.3 Å². The number of nitrogens with one attached hydrogen (secondary N) is 1. The Labute approximate surface area is 166 Å². The Morgan fingerprint density at radius 2 is 1.66 bits per heavy atom. The fourth-order valence-electron chi connectivity index (χ4n) is 3.50. The van der Waals surface area contributed by atoms with Gasteiger partial charge in [0.1, 0.15) is 23.0 Å². The van der Waals surface area contributed by atoms with Crippen LogP contribution in [-0.2, 0) is 0 Å². The number of alkyl halides is 3. The molecule has 158 valence electrons. The molecule has 29 heavy (non-hydrogen) atoms. The number of methoxy groups -OCH3 is 2. The third kappa shape index (κ3) is 5.04. The molecule has 0 radical (unpaired) electrons. The van der Waals surface area contributed by atoms with E-state index in [4.69, 9.17) is 9.47 Å². The van der Waals surface area contributed by atoms with Crippen LogP contribution in [0.1, 0.15) is 17.2 Å². The summed E-state index contributed by atoms with van der Waals surface area (Å²) in [6, 6.07) is 8.42. The Morgan fingerprint density at radius 3 is 2.21 bits per heavy atom. The molecule has 1 aliphatic rings. The van der Waals surface area contributed by atoms with Gasteiger partial charge in [-0.05, 0) is 17.7 Å². The Morgan fingerprint density at radius 1 is 1.00 bits per heavy atom. The number of rotatable bonds is 6. The number of hydrogen-bond donors (Lipinski definition) is 2. The van der Waals surface area contributed by atoms with Crippen molar-refractivity contribution >= 4 is 0 Å². The van der Waals surface area contributed by atoms with Crippen LogP contribution in [0, 0.1) is 0 Å². The van der Waals surface area contributed by atoms with Gasteiger partial charge in [-0.3, -0.25) is 4.90 Å². The summed E-state index contributed by atoms with van der Waals surface area (Å²) >= 11 is 0. The van der Waals surface area contributed by atoms with Gasteiger partial charge in [0.2, 0.25) is 0 Å². The molecule has 0 aliphatic carbocycles. The van der Waals surface area contributed by atoms with Gasteiger partial charge >= 0.3 is 6.36 Å². The second-order valence-electron chi connectivity index (χ2n) is 6.57. The first-order valence-electron chi connectivity index (χ1n) is 9.07.